The molecule has 1 heterocycles. The van der Waals surface area contributed by atoms with E-state index < -0.39 is 0 Å². The third-order valence-electron chi connectivity index (χ3n) is 1.72. The Morgan fingerprint density at radius 3 is 3.14 bits per heavy atom. The Morgan fingerprint density at radius 1 is 1.86 bits per heavy atom. The Labute approximate surface area is 81.2 Å². The molecule has 1 rings (SSSR count). The van der Waals surface area contributed by atoms with Gasteiger partial charge in [-0.1, -0.05) is 5.16 Å². The second-order valence-electron chi connectivity index (χ2n) is 2.82. The number of methoxy groups -OCH3 is 1. The molecule has 1 aromatic heterocycles. The molecule has 0 radical (unpaired) electrons. The van der Waals surface area contributed by atoms with Crippen LogP contribution in [0.25, 0.3) is 0 Å². The molecule has 0 aliphatic rings. The summed E-state index contributed by atoms with van der Waals surface area (Å²) in [7, 11) is 1.62. The van der Waals surface area contributed by atoms with Gasteiger partial charge in [0.05, 0.1) is 12.6 Å². The van der Waals surface area contributed by atoms with E-state index in [4.69, 9.17) is 15.7 Å². The van der Waals surface area contributed by atoms with Crippen LogP contribution in [0.3, 0.4) is 0 Å². The molecule has 0 aliphatic heterocycles. The standard InChI is InChI=1S/C7H13N5O2/c1-5(14-2)3-12-4-9-7(10-12)6(8)11-13/h4-5,13H,3H2,1-2H3,(H2,8,11). The van der Waals surface area contributed by atoms with E-state index in [1.54, 1.807) is 11.8 Å². The Hall–Kier alpha value is -1.63. The number of nitrogens with zero attached hydrogens (tertiary/aromatic N) is 4. The summed E-state index contributed by atoms with van der Waals surface area (Å²) in [5, 5.41) is 15.1. The van der Waals surface area contributed by atoms with Crippen molar-refractivity contribution in [1.82, 2.24) is 14.8 Å². The van der Waals surface area contributed by atoms with Crippen molar-refractivity contribution in [3.63, 3.8) is 0 Å². The first-order valence-electron chi connectivity index (χ1n) is 4.07. The zero-order valence-electron chi connectivity index (χ0n) is 8.08. The lowest BCUT2D eigenvalue weighted by Crippen LogP contribution is -2.18. The first-order valence-corrected chi connectivity index (χ1v) is 4.07. The van der Waals surface area contributed by atoms with Crippen LogP contribution in [-0.4, -0.2) is 39.0 Å². The number of hydrogen-bond donors (Lipinski definition) is 2. The zero-order chi connectivity index (χ0) is 10.6. The highest BCUT2D eigenvalue weighted by Crippen LogP contribution is 1.95. The highest BCUT2D eigenvalue weighted by molar-refractivity contribution is 5.93. The van der Waals surface area contributed by atoms with Gasteiger partial charge in [-0.15, -0.1) is 5.10 Å². The van der Waals surface area contributed by atoms with E-state index in [1.165, 1.54) is 6.33 Å². The number of aromatic nitrogens is 3. The van der Waals surface area contributed by atoms with Gasteiger partial charge in [0.2, 0.25) is 11.7 Å². The molecular formula is C7H13N5O2. The summed E-state index contributed by atoms with van der Waals surface area (Å²) in [5.41, 5.74) is 5.30. The molecule has 3 N–H and O–H groups in total. The summed E-state index contributed by atoms with van der Waals surface area (Å²) in [6.45, 7) is 2.48. The fourth-order valence-electron chi connectivity index (χ4n) is 0.883. The van der Waals surface area contributed by atoms with E-state index >= 15 is 0 Å². The molecule has 14 heavy (non-hydrogen) atoms. The van der Waals surface area contributed by atoms with Gasteiger partial charge in [-0.3, -0.25) is 0 Å². The minimum atomic E-state index is -0.103. The molecular weight excluding hydrogens is 186 g/mol. The number of ether oxygens (including phenoxy) is 1. The topological polar surface area (TPSA) is 98.6 Å². The summed E-state index contributed by atoms with van der Waals surface area (Å²) in [6.07, 6.45) is 1.54. The van der Waals surface area contributed by atoms with Crippen LogP contribution >= 0.6 is 0 Å². The zero-order valence-corrected chi connectivity index (χ0v) is 8.08. The molecule has 0 spiro atoms. The molecule has 0 bridgehead atoms. The van der Waals surface area contributed by atoms with Gasteiger partial charge < -0.3 is 15.7 Å². The van der Waals surface area contributed by atoms with Crippen LogP contribution in [0.15, 0.2) is 11.5 Å². The van der Waals surface area contributed by atoms with Gasteiger partial charge in [-0.2, -0.15) is 0 Å². The minimum Gasteiger partial charge on any atom is -0.409 e. The molecule has 0 amide bonds. The molecule has 0 fully saturated rings. The van der Waals surface area contributed by atoms with Crippen LogP contribution in [0.2, 0.25) is 0 Å². The van der Waals surface area contributed by atoms with Crippen LogP contribution in [0, 0.1) is 0 Å². The molecule has 0 saturated carbocycles. The third-order valence-corrected chi connectivity index (χ3v) is 1.72. The van der Waals surface area contributed by atoms with Gasteiger partial charge in [-0.25, -0.2) is 9.67 Å². The molecule has 7 nitrogen and oxygen atoms in total. The van der Waals surface area contributed by atoms with E-state index in [0.717, 1.165) is 0 Å². The van der Waals surface area contributed by atoms with Crippen molar-refractivity contribution in [2.24, 2.45) is 10.9 Å². The Balaban J connectivity index is 2.68. The van der Waals surface area contributed by atoms with Gasteiger partial charge >= 0.3 is 0 Å². The maximum Gasteiger partial charge on any atom is 0.219 e. The lowest BCUT2D eigenvalue weighted by atomic mass is 10.4. The summed E-state index contributed by atoms with van der Waals surface area (Å²) < 4.78 is 6.62. The van der Waals surface area contributed by atoms with Gasteiger partial charge in [0, 0.05) is 7.11 Å². The summed E-state index contributed by atoms with van der Waals surface area (Å²) in [6, 6.07) is 0. The van der Waals surface area contributed by atoms with Crippen molar-refractivity contribution in [3.05, 3.63) is 12.2 Å². The van der Waals surface area contributed by atoms with Gasteiger partial charge in [0.25, 0.3) is 0 Å². The first-order chi connectivity index (χ1) is 6.67. The Morgan fingerprint density at radius 2 is 2.57 bits per heavy atom. The molecule has 0 aliphatic carbocycles. The number of amidine groups is 1. The fraction of sp³-hybridized carbons (Fsp3) is 0.571. The van der Waals surface area contributed by atoms with Crippen LogP contribution in [0.4, 0.5) is 0 Å². The van der Waals surface area contributed by atoms with Crippen molar-refractivity contribution in [2.45, 2.75) is 19.6 Å². The van der Waals surface area contributed by atoms with Crippen molar-refractivity contribution >= 4 is 5.84 Å². The number of oxime groups is 1. The lowest BCUT2D eigenvalue weighted by Gasteiger charge is -2.07. The van der Waals surface area contributed by atoms with Crippen molar-refractivity contribution in [2.75, 3.05) is 7.11 Å². The van der Waals surface area contributed by atoms with Gasteiger partial charge in [0.15, 0.2) is 0 Å². The van der Waals surface area contributed by atoms with E-state index in [1.807, 2.05) is 6.92 Å². The van der Waals surface area contributed by atoms with Crippen molar-refractivity contribution in [3.8, 4) is 0 Å². The van der Waals surface area contributed by atoms with Crippen molar-refractivity contribution in [1.29, 1.82) is 0 Å². The highest BCUT2D eigenvalue weighted by atomic mass is 16.5. The average molecular weight is 199 g/mol. The van der Waals surface area contributed by atoms with E-state index in [9.17, 15) is 0 Å². The van der Waals surface area contributed by atoms with Crippen LogP contribution in [0.5, 0.6) is 0 Å². The van der Waals surface area contributed by atoms with E-state index in [-0.39, 0.29) is 17.8 Å². The molecule has 0 saturated heterocycles. The Bertz CT molecular complexity index is 322. The number of nitrogens with two attached hydrogens (primary N) is 1. The van der Waals surface area contributed by atoms with Crippen molar-refractivity contribution < 1.29 is 9.94 Å². The number of hydrogen-bond acceptors (Lipinski definition) is 5. The second kappa shape index (κ2) is 4.56. The fourth-order valence-corrected chi connectivity index (χ4v) is 0.883. The lowest BCUT2D eigenvalue weighted by molar-refractivity contribution is 0.0997. The summed E-state index contributed by atoms with van der Waals surface area (Å²) in [4.78, 5) is 3.85. The number of rotatable bonds is 4. The minimum absolute atomic E-state index is 0.0387. The quantitative estimate of drug-likeness (QED) is 0.292. The SMILES string of the molecule is COC(C)Cn1cnc(C(N)=NO)n1. The summed E-state index contributed by atoms with van der Waals surface area (Å²) >= 11 is 0. The first kappa shape index (κ1) is 10.5. The predicted octanol–water partition coefficient (Wildman–Crippen LogP) is -0.593. The van der Waals surface area contributed by atoms with E-state index in [2.05, 4.69) is 15.2 Å². The van der Waals surface area contributed by atoms with Crippen LogP contribution in [-0.2, 0) is 11.3 Å². The van der Waals surface area contributed by atoms with Gasteiger partial charge in [-0.05, 0) is 6.92 Å². The van der Waals surface area contributed by atoms with Crippen LogP contribution in [0.1, 0.15) is 12.7 Å². The molecule has 1 unspecified atom stereocenters. The smallest absolute Gasteiger partial charge is 0.219 e. The van der Waals surface area contributed by atoms with Gasteiger partial charge in [0.1, 0.15) is 6.33 Å². The second-order valence-corrected chi connectivity index (χ2v) is 2.82. The maximum absolute atomic E-state index is 8.37. The van der Waals surface area contributed by atoms with E-state index in [0.29, 0.717) is 6.54 Å². The molecule has 0 aromatic carbocycles. The average Bonchev–Trinajstić information content (AvgIpc) is 2.65. The molecule has 1 atom stereocenters. The normalized spacial score (nSPS) is 14.3. The predicted molar refractivity (Wildman–Crippen MR) is 49.0 cm³/mol. The Kier molecular flexibility index (Phi) is 3.41. The largest absolute Gasteiger partial charge is 0.409 e. The highest BCUT2D eigenvalue weighted by Gasteiger charge is 2.07. The monoisotopic (exact) mass is 199 g/mol. The summed E-state index contributed by atoms with van der Waals surface area (Å²) in [5.74, 6) is 0.102. The molecule has 7 heteroatoms. The molecule has 1 aromatic rings. The van der Waals surface area contributed by atoms with Crippen LogP contribution < -0.4 is 5.73 Å². The molecule has 78 valence electrons. The third kappa shape index (κ3) is 2.43. The maximum atomic E-state index is 8.37.